The Morgan fingerprint density at radius 2 is 1.92 bits per heavy atom. The molecule has 0 saturated carbocycles. The number of benzene rings is 2. The van der Waals surface area contributed by atoms with Gasteiger partial charge in [-0.1, -0.05) is 36.3 Å². The highest BCUT2D eigenvalue weighted by Gasteiger charge is 2.25. The number of ether oxygens (including phenoxy) is 3. The summed E-state index contributed by atoms with van der Waals surface area (Å²) in [4.78, 5) is 11.3. The molecule has 0 aromatic heterocycles. The average Bonchev–Trinajstić information content (AvgIpc) is 3.14. The zero-order chi connectivity index (χ0) is 16.9. The Morgan fingerprint density at radius 1 is 1.21 bits per heavy atom. The quantitative estimate of drug-likeness (QED) is 0.854. The minimum absolute atomic E-state index is 0.0455. The molecular formula is C19H14O5. The van der Waals surface area contributed by atoms with Gasteiger partial charge in [-0.3, -0.25) is 0 Å². The standard InChI is InChI=1S/C19H14O5/c1-2-14-10-15(18(20)21)11-16(19-22-8-9-23-19)17(14)24-12-13-6-4-3-5-7-13/h1,3-11,19H,12H2,(H,20,21). The summed E-state index contributed by atoms with van der Waals surface area (Å²) < 4.78 is 16.5. The molecular weight excluding hydrogens is 308 g/mol. The second kappa shape index (κ2) is 6.80. The fourth-order valence-electron chi connectivity index (χ4n) is 2.33. The summed E-state index contributed by atoms with van der Waals surface area (Å²) in [6.07, 6.45) is 7.51. The molecule has 0 bridgehead atoms. The second-order valence-corrected chi connectivity index (χ2v) is 5.04. The van der Waals surface area contributed by atoms with E-state index < -0.39 is 12.3 Å². The Balaban J connectivity index is 1.98. The number of carboxylic acids is 1. The van der Waals surface area contributed by atoms with Crippen LogP contribution >= 0.6 is 0 Å². The van der Waals surface area contributed by atoms with Gasteiger partial charge in [0.25, 0.3) is 6.29 Å². The summed E-state index contributed by atoms with van der Waals surface area (Å²) in [6, 6.07) is 12.4. The lowest BCUT2D eigenvalue weighted by Crippen LogP contribution is -2.08. The maximum atomic E-state index is 11.3. The van der Waals surface area contributed by atoms with E-state index in [-0.39, 0.29) is 12.2 Å². The number of hydrogen-bond donors (Lipinski definition) is 1. The monoisotopic (exact) mass is 322 g/mol. The van der Waals surface area contributed by atoms with Gasteiger partial charge in [-0.25, -0.2) is 4.79 Å². The molecule has 0 atom stereocenters. The van der Waals surface area contributed by atoms with Gasteiger partial charge in [-0.05, 0) is 17.7 Å². The molecule has 3 rings (SSSR count). The third kappa shape index (κ3) is 3.18. The number of carbonyl (C=O) groups is 1. The van der Waals surface area contributed by atoms with Crippen molar-refractivity contribution in [2.45, 2.75) is 12.9 Å². The molecule has 120 valence electrons. The zero-order valence-electron chi connectivity index (χ0n) is 12.6. The Hall–Kier alpha value is -3.39. The maximum absolute atomic E-state index is 11.3. The van der Waals surface area contributed by atoms with Gasteiger partial charge in [0.1, 0.15) is 24.9 Å². The van der Waals surface area contributed by atoms with Crippen molar-refractivity contribution < 1.29 is 24.1 Å². The first-order valence-corrected chi connectivity index (χ1v) is 7.19. The number of hydrogen-bond acceptors (Lipinski definition) is 4. The molecule has 2 aromatic rings. The van der Waals surface area contributed by atoms with E-state index >= 15 is 0 Å². The van der Waals surface area contributed by atoms with Crippen LogP contribution in [0.4, 0.5) is 0 Å². The van der Waals surface area contributed by atoms with Gasteiger partial charge in [-0.2, -0.15) is 0 Å². The van der Waals surface area contributed by atoms with E-state index in [0.29, 0.717) is 16.9 Å². The summed E-state index contributed by atoms with van der Waals surface area (Å²) in [7, 11) is 0. The normalized spacial score (nSPS) is 13.0. The summed E-state index contributed by atoms with van der Waals surface area (Å²) in [5, 5.41) is 9.26. The van der Waals surface area contributed by atoms with Crippen molar-refractivity contribution in [1.29, 1.82) is 0 Å². The van der Waals surface area contributed by atoms with Gasteiger partial charge in [0.2, 0.25) is 0 Å². The van der Waals surface area contributed by atoms with Gasteiger partial charge in [0, 0.05) is 0 Å². The van der Waals surface area contributed by atoms with E-state index in [1.54, 1.807) is 0 Å². The minimum atomic E-state index is -1.09. The van der Waals surface area contributed by atoms with Crippen LogP contribution in [0.25, 0.3) is 0 Å². The first-order chi connectivity index (χ1) is 11.7. The number of rotatable bonds is 5. The van der Waals surface area contributed by atoms with Crippen LogP contribution in [0.1, 0.15) is 33.3 Å². The van der Waals surface area contributed by atoms with Gasteiger partial charge >= 0.3 is 5.97 Å². The van der Waals surface area contributed by atoms with Crippen LogP contribution in [0.2, 0.25) is 0 Å². The fraction of sp³-hybridized carbons (Fsp3) is 0.105. The zero-order valence-corrected chi connectivity index (χ0v) is 12.6. The molecule has 2 aromatic carbocycles. The molecule has 0 amide bonds. The van der Waals surface area contributed by atoms with Crippen molar-refractivity contribution in [3.8, 4) is 18.1 Å². The van der Waals surface area contributed by atoms with E-state index in [0.717, 1.165) is 5.56 Å². The summed E-state index contributed by atoms with van der Waals surface area (Å²) in [5.74, 6) is 1.76. The van der Waals surface area contributed by atoms with E-state index in [1.807, 2.05) is 30.3 Å². The number of carboxylic acid groups (broad SMARTS) is 1. The highest BCUT2D eigenvalue weighted by Crippen LogP contribution is 2.36. The highest BCUT2D eigenvalue weighted by molar-refractivity contribution is 5.89. The number of terminal acetylenes is 1. The Labute approximate surface area is 139 Å². The maximum Gasteiger partial charge on any atom is 0.335 e. The van der Waals surface area contributed by atoms with Crippen molar-refractivity contribution >= 4 is 5.97 Å². The first kappa shape index (κ1) is 15.5. The molecule has 24 heavy (non-hydrogen) atoms. The second-order valence-electron chi connectivity index (χ2n) is 5.04. The van der Waals surface area contributed by atoms with Gasteiger partial charge in [0.15, 0.2) is 0 Å². The predicted octanol–water partition coefficient (Wildman–Crippen LogP) is 3.46. The minimum Gasteiger partial charge on any atom is -0.487 e. The Kier molecular flexibility index (Phi) is 4.39. The van der Waals surface area contributed by atoms with Crippen molar-refractivity contribution in [3.05, 3.63) is 77.2 Å². The molecule has 0 radical (unpaired) electrons. The van der Waals surface area contributed by atoms with Gasteiger partial charge < -0.3 is 19.3 Å². The van der Waals surface area contributed by atoms with Crippen LogP contribution < -0.4 is 4.74 Å². The van der Waals surface area contributed by atoms with Gasteiger partial charge in [-0.15, -0.1) is 6.42 Å². The molecule has 1 heterocycles. The lowest BCUT2D eigenvalue weighted by Gasteiger charge is -2.18. The molecule has 0 spiro atoms. The fourth-order valence-corrected chi connectivity index (χ4v) is 2.33. The smallest absolute Gasteiger partial charge is 0.335 e. The van der Waals surface area contributed by atoms with Crippen LogP contribution in [0.5, 0.6) is 5.75 Å². The predicted molar refractivity (Wildman–Crippen MR) is 86.2 cm³/mol. The molecule has 0 aliphatic carbocycles. The van der Waals surface area contributed by atoms with Gasteiger partial charge in [0.05, 0.1) is 16.7 Å². The third-order valence-corrected chi connectivity index (χ3v) is 3.46. The van der Waals surface area contributed by atoms with Crippen molar-refractivity contribution in [2.24, 2.45) is 0 Å². The molecule has 0 saturated heterocycles. The molecule has 0 fully saturated rings. The topological polar surface area (TPSA) is 65.0 Å². The SMILES string of the molecule is C#Cc1cc(C(=O)O)cc(C2OC=CO2)c1OCc1ccccc1. The van der Waals surface area contributed by atoms with Crippen LogP contribution in [0, 0.1) is 12.3 Å². The highest BCUT2D eigenvalue weighted by atomic mass is 16.7. The molecule has 5 nitrogen and oxygen atoms in total. The largest absolute Gasteiger partial charge is 0.487 e. The molecule has 1 aliphatic rings. The van der Waals surface area contributed by atoms with E-state index in [4.69, 9.17) is 20.6 Å². The van der Waals surface area contributed by atoms with Crippen LogP contribution in [0.3, 0.4) is 0 Å². The molecule has 1 aliphatic heterocycles. The van der Waals surface area contributed by atoms with Crippen molar-refractivity contribution in [1.82, 2.24) is 0 Å². The van der Waals surface area contributed by atoms with Crippen LogP contribution in [-0.2, 0) is 16.1 Å². The average molecular weight is 322 g/mol. The van der Waals surface area contributed by atoms with E-state index in [1.165, 1.54) is 24.7 Å². The van der Waals surface area contributed by atoms with E-state index in [2.05, 4.69) is 5.92 Å². The van der Waals surface area contributed by atoms with Crippen LogP contribution in [0.15, 0.2) is 55.0 Å². The van der Waals surface area contributed by atoms with Crippen LogP contribution in [-0.4, -0.2) is 11.1 Å². The third-order valence-electron chi connectivity index (χ3n) is 3.46. The molecule has 1 N–H and O–H groups in total. The van der Waals surface area contributed by atoms with Crippen molar-refractivity contribution in [2.75, 3.05) is 0 Å². The summed E-state index contributed by atoms with van der Waals surface area (Å²) >= 11 is 0. The lowest BCUT2D eigenvalue weighted by atomic mass is 10.0. The number of aromatic carboxylic acids is 1. The summed E-state index contributed by atoms with van der Waals surface area (Å²) in [5.41, 5.74) is 1.77. The Bertz CT molecular complexity index is 810. The lowest BCUT2D eigenvalue weighted by molar-refractivity contribution is -0.0266. The molecule has 5 heteroatoms. The van der Waals surface area contributed by atoms with Crippen molar-refractivity contribution in [3.63, 3.8) is 0 Å². The molecule has 0 unspecified atom stereocenters. The Morgan fingerprint density at radius 3 is 2.54 bits per heavy atom. The first-order valence-electron chi connectivity index (χ1n) is 7.19. The summed E-state index contributed by atoms with van der Waals surface area (Å²) in [6.45, 7) is 0.287. The van der Waals surface area contributed by atoms with E-state index in [9.17, 15) is 9.90 Å².